The fourth-order valence-corrected chi connectivity index (χ4v) is 2.19. The van der Waals surface area contributed by atoms with Gasteiger partial charge in [0.05, 0.1) is 6.07 Å². The lowest BCUT2D eigenvalue weighted by Crippen LogP contribution is -2.19. The van der Waals surface area contributed by atoms with Crippen LogP contribution >= 0.6 is 0 Å². The van der Waals surface area contributed by atoms with E-state index in [-0.39, 0.29) is 6.04 Å². The summed E-state index contributed by atoms with van der Waals surface area (Å²) in [7, 11) is 4.05. The number of nitrogens with zero attached hydrogens (tertiary/aromatic N) is 3. The first kappa shape index (κ1) is 12.6. The first-order valence-corrected chi connectivity index (χ1v) is 6.02. The number of oxazole rings is 1. The Morgan fingerprint density at radius 2 is 2.22 bits per heavy atom. The van der Waals surface area contributed by atoms with Crippen LogP contribution in [0, 0.1) is 18.3 Å². The Hall–Kier alpha value is -1.86. The Kier molecular flexibility index (Phi) is 3.63. The van der Waals surface area contributed by atoms with E-state index in [9.17, 15) is 0 Å². The van der Waals surface area contributed by atoms with Gasteiger partial charge in [0.25, 0.3) is 0 Å². The zero-order valence-electron chi connectivity index (χ0n) is 11.0. The van der Waals surface area contributed by atoms with Crippen molar-refractivity contribution in [1.82, 2.24) is 9.88 Å². The quantitative estimate of drug-likeness (QED) is 0.828. The van der Waals surface area contributed by atoms with Crippen molar-refractivity contribution in [2.75, 3.05) is 14.1 Å². The second-order valence-corrected chi connectivity index (χ2v) is 4.64. The van der Waals surface area contributed by atoms with Crippen molar-refractivity contribution >= 4 is 11.1 Å². The van der Waals surface area contributed by atoms with E-state index in [1.807, 2.05) is 33.2 Å². The molecular weight excluding hydrogens is 226 g/mol. The number of fused-ring (bicyclic) bond motifs is 1. The van der Waals surface area contributed by atoms with E-state index in [0.29, 0.717) is 12.3 Å². The highest BCUT2D eigenvalue weighted by Crippen LogP contribution is 2.26. The Labute approximate surface area is 107 Å². The molecule has 2 aromatic rings. The minimum Gasteiger partial charge on any atom is -0.441 e. The predicted molar refractivity (Wildman–Crippen MR) is 70.0 cm³/mol. The Morgan fingerprint density at radius 1 is 1.44 bits per heavy atom. The molecule has 4 heteroatoms. The van der Waals surface area contributed by atoms with E-state index in [1.165, 1.54) is 5.56 Å². The van der Waals surface area contributed by atoms with Crippen molar-refractivity contribution in [2.24, 2.45) is 0 Å². The highest BCUT2D eigenvalue weighted by molar-refractivity contribution is 5.73. The van der Waals surface area contributed by atoms with Crippen molar-refractivity contribution in [2.45, 2.75) is 25.8 Å². The molecule has 1 unspecified atom stereocenters. The molecule has 18 heavy (non-hydrogen) atoms. The first-order chi connectivity index (χ1) is 8.61. The molecule has 1 aromatic carbocycles. The number of nitriles is 1. The monoisotopic (exact) mass is 243 g/mol. The summed E-state index contributed by atoms with van der Waals surface area (Å²) in [6, 6.07) is 8.50. The van der Waals surface area contributed by atoms with Crippen LogP contribution in [0.4, 0.5) is 0 Å². The molecule has 0 aliphatic carbocycles. The van der Waals surface area contributed by atoms with Gasteiger partial charge in [-0.25, -0.2) is 4.98 Å². The summed E-state index contributed by atoms with van der Waals surface area (Å²) < 4.78 is 5.55. The molecule has 1 heterocycles. The minimum absolute atomic E-state index is 0.236. The molecule has 0 saturated heterocycles. The average molecular weight is 243 g/mol. The number of rotatable bonds is 4. The lowest BCUT2D eigenvalue weighted by atomic mass is 10.0. The van der Waals surface area contributed by atoms with E-state index >= 15 is 0 Å². The van der Waals surface area contributed by atoms with E-state index in [4.69, 9.17) is 9.68 Å². The van der Waals surface area contributed by atoms with Gasteiger partial charge in [0, 0.05) is 19.4 Å². The van der Waals surface area contributed by atoms with Crippen molar-refractivity contribution < 1.29 is 4.42 Å². The normalized spacial score (nSPS) is 12.8. The van der Waals surface area contributed by atoms with E-state index in [1.54, 1.807) is 0 Å². The molecule has 4 nitrogen and oxygen atoms in total. The van der Waals surface area contributed by atoms with Crippen molar-refractivity contribution in [1.29, 1.82) is 5.26 Å². The Balaban J connectivity index is 2.35. The molecule has 0 aliphatic rings. The second-order valence-electron chi connectivity index (χ2n) is 4.64. The zero-order chi connectivity index (χ0) is 13.1. The standard InChI is InChI=1S/C14H17N3O/c1-10-16-12-7-6-11(9-14(12)18-10)13(17(2)3)5-4-8-15/h6-7,9,13H,4-5H2,1-3H3. The highest BCUT2D eigenvalue weighted by Gasteiger charge is 2.15. The average Bonchev–Trinajstić information content (AvgIpc) is 2.68. The van der Waals surface area contributed by atoms with Crippen molar-refractivity contribution in [3.8, 4) is 6.07 Å². The maximum atomic E-state index is 8.72. The Bertz CT molecular complexity index is 580. The van der Waals surface area contributed by atoms with Crippen molar-refractivity contribution in [3.05, 3.63) is 29.7 Å². The number of aromatic nitrogens is 1. The van der Waals surface area contributed by atoms with Crippen molar-refractivity contribution in [3.63, 3.8) is 0 Å². The molecule has 0 bridgehead atoms. The minimum atomic E-state index is 0.236. The molecule has 1 aromatic heterocycles. The molecule has 0 spiro atoms. The largest absolute Gasteiger partial charge is 0.441 e. The summed E-state index contributed by atoms with van der Waals surface area (Å²) in [6.45, 7) is 1.85. The summed E-state index contributed by atoms with van der Waals surface area (Å²) >= 11 is 0. The highest BCUT2D eigenvalue weighted by atomic mass is 16.3. The van der Waals surface area contributed by atoms with Crippen LogP contribution in [-0.2, 0) is 0 Å². The predicted octanol–water partition coefficient (Wildman–Crippen LogP) is 3.04. The van der Waals surface area contributed by atoms with Gasteiger partial charge in [-0.05, 0) is 38.2 Å². The van der Waals surface area contributed by atoms with Gasteiger partial charge in [-0.1, -0.05) is 6.07 Å². The first-order valence-electron chi connectivity index (χ1n) is 6.02. The van der Waals surface area contributed by atoms with Crippen LogP contribution in [0.3, 0.4) is 0 Å². The van der Waals surface area contributed by atoms with Gasteiger partial charge < -0.3 is 9.32 Å². The van der Waals surface area contributed by atoms with Crippen LogP contribution in [0.2, 0.25) is 0 Å². The smallest absolute Gasteiger partial charge is 0.192 e. The SMILES string of the molecule is Cc1nc2ccc(C(CCC#N)N(C)C)cc2o1. The topological polar surface area (TPSA) is 53.1 Å². The molecule has 1 atom stereocenters. The summed E-state index contributed by atoms with van der Waals surface area (Å²) in [6.07, 6.45) is 1.37. The van der Waals surface area contributed by atoms with Gasteiger partial charge >= 0.3 is 0 Å². The Morgan fingerprint density at radius 3 is 2.89 bits per heavy atom. The van der Waals surface area contributed by atoms with Crippen LogP contribution in [0.25, 0.3) is 11.1 Å². The molecule has 94 valence electrons. The summed E-state index contributed by atoms with van der Waals surface area (Å²) in [4.78, 5) is 6.41. The fraction of sp³-hybridized carbons (Fsp3) is 0.429. The molecule has 2 rings (SSSR count). The van der Waals surface area contributed by atoms with Crippen LogP contribution < -0.4 is 0 Å². The number of aryl methyl sites for hydroxylation is 1. The summed E-state index contributed by atoms with van der Waals surface area (Å²) in [5, 5.41) is 8.72. The van der Waals surface area contributed by atoms with Gasteiger partial charge in [0.1, 0.15) is 5.52 Å². The molecule has 0 N–H and O–H groups in total. The molecular formula is C14H17N3O. The summed E-state index contributed by atoms with van der Waals surface area (Å²) in [5.41, 5.74) is 2.86. The molecule has 0 radical (unpaired) electrons. The second kappa shape index (κ2) is 5.19. The van der Waals surface area contributed by atoms with E-state index in [2.05, 4.69) is 22.0 Å². The maximum Gasteiger partial charge on any atom is 0.192 e. The molecule has 0 saturated carbocycles. The van der Waals surface area contributed by atoms with Gasteiger partial charge in [-0.15, -0.1) is 0 Å². The molecule has 0 amide bonds. The zero-order valence-corrected chi connectivity index (χ0v) is 11.0. The van der Waals surface area contributed by atoms with Crippen LogP contribution in [0.1, 0.15) is 30.3 Å². The summed E-state index contributed by atoms with van der Waals surface area (Å²) in [5.74, 6) is 0.681. The fourth-order valence-electron chi connectivity index (χ4n) is 2.19. The maximum absolute atomic E-state index is 8.72. The van der Waals surface area contributed by atoms with Gasteiger partial charge in [0.2, 0.25) is 0 Å². The lowest BCUT2D eigenvalue weighted by Gasteiger charge is -2.23. The van der Waals surface area contributed by atoms with E-state index in [0.717, 1.165) is 17.5 Å². The van der Waals surface area contributed by atoms with Gasteiger partial charge in [0.15, 0.2) is 11.5 Å². The number of hydrogen-bond acceptors (Lipinski definition) is 4. The van der Waals surface area contributed by atoms with Gasteiger partial charge in [-0.3, -0.25) is 0 Å². The third-order valence-corrected chi connectivity index (χ3v) is 3.06. The van der Waals surface area contributed by atoms with Crippen LogP contribution in [0.15, 0.2) is 22.6 Å². The van der Waals surface area contributed by atoms with Crippen LogP contribution in [-0.4, -0.2) is 24.0 Å². The van der Waals surface area contributed by atoms with Gasteiger partial charge in [-0.2, -0.15) is 5.26 Å². The van der Waals surface area contributed by atoms with Crippen LogP contribution in [0.5, 0.6) is 0 Å². The van der Waals surface area contributed by atoms with E-state index < -0.39 is 0 Å². The molecule has 0 fully saturated rings. The lowest BCUT2D eigenvalue weighted by molar-refractivity contribution is 0.286. The third kappa shape index (κ3) is 2.52. The number of benzene rings is 1. The molecule has 0 aliphatic heterocycles. The third-order valence-electron chi connectivity index (χ3n) is 3.06. The number of hydrogen-bond donors (Lipinski definition) is 0.